The molecule has 0 bridgehead atoms. The van der Waals surface area contributed by atoms with E-state index in [1.54, 1.807) is 20.1 Å². The van der Waals surface area contributed by atoms with Crippen molar-refractivity contribution in [3.05, 3.63) is 12.4 Å². The highest BCUT2D eigenvalue weighted by molar-refractivity contribution is 7.89. The molecule has 7 nitrogen and oxygen atoms in total. The fourth-order valence-electron chi connectivity index (χ4n) is 4.19. The number of sulfonamides is 1. The van der Waals surface area contributed by atoms with Crippen LogP contribution in [0.25, 0.3) is 0 Å². The summed E-state index contributed by atoms with van der Waals surface area (Å²) in [6.07, 6.45) is 9.28. The van der Waals surface area contributed by atoms with Gasteiger partial charge in [-0.15, -0.1) is 0 Å². The molecule has 0 radical (unpaired) electrons. The third-order valence-electron chi connectivity index (χ3n) is 5.70. The standard InChI is InChI=1S/C18H30N4O3S/c1-3-21-14-15(13-19-21)26(24,25)22-12-7-5-4-6-11-20(2)18(23)16-9-8-10-17(16)22/h13-14,16-17H,3-12H2,1-2H3. The average Bonchev–Trinajstić information content (AvgIpc) is 3.28. The zero-order valence-corrected chi connectivity index (χ0v) is 16.6. The number of rotatable bonds is 3. The summed E-state index contributed by atoms with van der Waals surface area (Å²) < 4.78 is 29.9. The maximum Gasteiger partial charge on any atom is 0.246 e. The van der Waals surface area contributed by atoms with Crippen LogP contribution in [0.15, 0.2) is 17.3 Å². The Bertz CT molecular complexity index is 731. The van der Waals surface area contributed by atoms with Gasteiger partial charge >= 0.3 is 0 Å². The first-order chi connectivity index (χ1) is 12.4. The summed E-state index contributed by atoms with van der Waals surface area (Å²) >= 11 is 0. The summed E-state index contributed by atoms with van der Waals surface area (Å²) in [6, 6.07) is -0.238. The second kappa shape index (κ2) is 8.08. The Labute approximate surface area is 156 Å². The minimum absolute atomic E-state index is 0.0962. The van der Waals surface area contributed by atoms with Crippen LogP contribution in [0.5, 0.6) is 0 Å². The molecule has 2 unspecified atom stereocenters. The lowest BCUT2D eigenvalue weighted by Gasteiger charge is -2.32. The van der Waals surface area contributed by atoms with Crippen LogP contribution >= 0.6 is 0 Å². The van der Waals surface area contributed by atoms with E-state index in [0.717, 1.165) is 51.5 Å². The van der Waals surface area contributed by atoms with Crippen molar-refractivity contribution in [3.63, 3.8) is 0 Å². The summed E-state index contributed by atoms with van der Waals surface area (Å²) in [6.45, 7) is 3.80. The maximum atomic E-state index is 13.3. The largest absolute Gasteiger partial charge is 0.345 e. The van der Waals surface area contributed by atoms with E-state index in [-0.39, 0.29) is 22.8 Å². The zero-order chi connectivity index (χ0) is 18.7. The molecule has 2 fully saturated rings. The quantitative estimate of drug-likeness (QED) is 0.802. The van der Waals surface area contributed by atoms with Crippen molar-refractivity contribution >= 4 is 15.9 Å². The van der Waals surface area contributed by atoms with Crippen molar-refractivity contribution in [2.24, 2.45) is 5.92 Å². The number of aryl methyl sites for hydroxylation is 1. The van der Waals surface area contributed by atoms with E-state index in [1.165, 1.54) is 6.20 Å². The first-order valence-corrected chi connectivity index (χ1v) is 11.2. The van der Waals surface area contributed by atoms with Crippen LogP contribution in [0.4, 0.5) is 0 Å². The predicted molar refractivity (Wildman–Crippen MR) is 99.0 cm³/mol. The molecule has 0 aromatic carbocycles. The van der Waals surface area contributed by atoms with E-state index >= 15 is 0 Å². The summed E-state index contributed by atoms with van der Waals surface area (Å²) in [4.78, 5) is 14.9. The highest BCUT2D eigenvalue weighted by Gasteiger charge is 2.43. The Kier molecular flexibility index (Phi) is 6.02. The van der Waals surface area contributed by atoms with Gasteiger partial charge in [0.1, 0.15) is 4.90 Å². The topological polar surface area (TPSA) is 75.5 Å². The van der Waals surface area contributed by atoms with Gasteiger partial charge in [-0.1, -0.05) is 19.3 Å². The van der Waals surface area contributed by atoms with Gasteiger partial charge in [0.05, 0.1) is 12.1 Å². The van der Waals surface area contributed by atoms with Gasteiger partial charge in [-0.3, -0.25) is 9.48 Å². The number of fused-ring (bicyclic) bond motifs is 1. The lowest BCUT2D eigenvalue weighted by atomic mass is 10.0. The second-order valence-corrected chi connectivity index (χ2v) is 9.32. The van der Waals surface area contributed by atoms with Gasteiger partial charge in [0.15, 0.2) is 0 Å². The summed E-state index contributed by atoms with van der Waals surface area (Å²) in [7, 11) is -1.80. The molecule has 2 aliphatic rings. The SMILES string of the molecule is CCn1cc(S(=O)(=O)N2CCCCCCN(C)C(=O)C3CCCC32)cn1. The number of nitrogens with zero attached hydrogens (tertiary/aromatic N) is 4. The van der Waals surface area contributed by atoms with Crippen molar-refractivity contribution in [1.29, 1.82) is 0 Å². The Balaban J connectivity index is 1.94. The smallest absolute Gasteiger partial charge is 0.246 e. The molecule has 1 aliphatic heterocycles. The van der Waals surface area contributed by atoms with Crippen LogP contribution in [0, 0.1) is 5.92 Å². The van der Waals surface area contributed by atoms with Crippen molar-refractivity contribution in [2.75, 3.05) is 20.1 Å². The Morgan fingerprint density at radius 3 is 2.54 bits per heavy atom. The molecule has 1 amide bonds. The van der Waals surface area contributed by atoms with Crippen LogP contribution in [-0.2, 0) is 21.4 Å². The van der Waals surface area contributed by atoms with Gasteiger partial charge in [0.25, 0.3) is 0 Å². The van der Waals surface area contributed by atoms with Gasteiger partial charge in [0.2, 0.25) is 15.9 Å². The van der Waals surface area contributed by atoms with E-state index in [4.69, 9.17) is 0 Å². The molecule has 1 aromatic rings. The summed E-state index contributed by atoms with van der Waals surface area (Å²) in [5.74, 6) is -0.132. The number of carbonyl (C=O) groups is 1. The van der Waals surface area contributed by atoms with Gasteiger partial charge in [0, 0.05) is 38.9 Å². The van der Waals surface area contributed by atoms with Crippen molar-refractivity contribution in [3.8, 4) is 0 Å². The minimum atomic E-state index is -3.65. The molecule has 3 rings (SSSR count). The van der Waals surface area contributed by atoms with E-state index < -0.39 is 10.0 Å². The monoisotopic (exact) mass is 382 g/mol. The van der Waals surface area contributed by atoms with Gasteiger partial charge in [-0.05, 0) is 32.6 Å². The van der Waals surface area contributed by atoms with E-state index in [1.807, 2.05) is 14.0 Å². The molecule has 1 aromatic heterocycles. The number of carbonyl (C=O) groups excluding carboxylic acids is 1. The molecule has 1 saturated heterocycles. The number of amides is 1. The van der Waals surface area contributed by atoms with E-state index in [2.05, 4.69) is 5.10 Å². The Hall–Kier alpha value is -1.41. The van der Waals surface area contributed by atoms with Gasteiger partial charge in [-0.25, -0.2) is 8.42 Å². The molecule has 26 heavy (non-hydrogen) atoms. The van der Waals surface area contributed by atoms with Crippen LogP contribution in [-0.4, -0.2) is 59.5 Å². The van der Waals surface area contributed by atoms with Crippen LogP contribution in [0.2, 0.25) is 0 Å². The van der Waals surface area contributed by atoms with Gasteiger partial charge in [-0.2, -0.15) is 9.40 Å². The normalized spacial score (nSPS) is 26.5. The number of hydrogen-bond donors (Lipinski definition) is 0. The number of hydrogen-bond acceptors (Lipinski definition) is 4. The third-order valence-corrected chi connectivity index (χ3v) is 7.58. The summed E-state index contributed by atoms with van der Waals surface area (Å²) in [5, 5.41) is 4.13. The first-order valence-electron chi connectivity index (χ1n) is 9.74. The fraction of sp³-hybridized carbons (Fsp3) is 0.778. The highest BCUT2D eigenvalue weighted by atomic mass is 32.2. The second-order valence-electron chi connectivity index (χ2n) is 7.43. The Morgan fingerprint density at radius 2 is 1.85 bits per heavy atom. The van der Waals surface area contributed by atoms with Gasteiger partial charge < -0.3 is 4.90 Å². The minimum Gasteiger partial charge on any atom is -0.345 e. The van der Waals surface area contributed by atoms with E-state index in [0.29, 0.717) is 13.1 Å². The molecular formula is C18H30N4O3S. The molecule has 8 heteroatoms. The maximum absolute atomic E-state index is 13.3. The predicted octanol–water partition coefficient (Wildman–Crippen LogP) is 2.09. The van der Waals surface area contributed by atoms with Crippen molar-refractivity contribution in [2.45, 2.75) is 69.4 Å². The average molecular weight is 383 g/mol. The molecule has 1 saturated carbocycles. The van der Waals surface area contributed by atoms with Crippen LogP contribution < -0.4 is 0 Å². The lowest BCUT2D eigenvalue weighted by molar-refractivity contribution is -0.135. The zero-order valence-electron chi connectivity index (χ0n) is 15.8. The lowest BCUT2D eigenvalue weighted by Crippen LogP contribution is -2.47. The molecular weight excluding hydrogens is 352 g/mol. The molecule has 2 heterocycles. The molecule has 2 atom stereocenters. The summed E-state index contributed by atoms with van der Waals surface area (Å²) in [5.41, 5.74) is 0. The molecule has 0 spiro atoms. The molecule has 0 N–H and O–H groups in total. The molecule has 146 valence electrons. The van der Waals surface area contributed by atoms with E-state index in [9.17, 15) is 13.2 Å². The fourth-order valence-corrected chi connectivity index (χ4v) is 5.87. The highest BCUT2D eigenvalue weighted by Crippen LogP contribution is 2.35. The Morgan fingerprint density at radius 1 is 1.12 bits per heavy atom. The molecule has 1 aliphatic carbocycles. The van der Waals surface area contributed by atoms with Crippen LogP contribution in [0.1, 0.15) is 51.9 Å². The van der Waals surface area contributed by atoms with Crippen molar-refractivity contribution in [1.82, 2.24) is 19.0 Å². The number of aromatic nitrogens is 2. The third kappa shape index (κ3) is 3.81. The first kappa shape index (κ1) is 19.4. The van der Waals surface area contributed by atoms with Crippen LogP contribution in [0.3, 0.4) is 0 Å². The van der Waals surface area contributed by atoms with Crippen molar-refractivity contribution < 1.29 is 13.2 Å².